The van der Waals surface area contributed by atoms with Gasteiger partial charge in [-0.05, 0) is 50.0 Å². The molecule has 1 aliphatic carbocycles. The van der Waals surface area contributed by atoms with Crippen molar-refractivity contribution in [3.63, 3.8) is 0 Å². The van der Waals surface area contributed by atoms with Crippen LogP contribution in [0.5, 0.6) is 0 Å². The number of alkyl halides is 6. The first-order valence-electron chi connectivity index (χ1n) is 9.45. The fraction of sp³-hybridized carbons (Fsp3) is 0.429. The van der Waals surface area contributed by atoms with Crippen molar-refractivity contribution in [1.82, 2.24) is 5.32 Å². The van der Waals surface area contributed by atoms with E-state index in [0.29, 0.717) is 23.6 Å². The van der Waals surface area contributed by atoms with Crippen LogP contribution in [-0.4, -0.2) is 35.4 Å². The summed E-state index contributed by atoms with van der Waals surface area (Å²) >= 11 is 5.81. The minimum atomic E-state index is -5.08. The number of carbonyl (C=O) groups is 2. The number of nitrogens with one attached hydrogen (secondary N) is 1. The second-order valence-corrected chi connectivity index (χ2v) is 8.23. The van der Waals surface area contributed by atoms with Crippen LogP contribution in [-0.2, 0) is 16.0 Å². The largest absolute Gasteiger partial charge is 0.481 e. The first kappa shape index (κ1) is 25.8. The van der Waals surface area contributed by atoms with Gasteiger partial charge in [0.15, 0.2) is 0 Å². The molecule has 0 aliphatic heterocycles. The molecule has 2 atom stereocenters. The topological polar surface area (TPSA) is 66.4 Å². The monoisotopic (exact) mass is 483 g/mol. The van der Waals surface area contributed by atoms with Gasteiger partial charge in [-0.25, -0.2) is 0 Å². The van der Waals surface area contributed by atoms with Gasteiger partial charge >= 0.3 is 18.3 Å². The van der Waals surface area contributed by atoms with Gasteiger partial charge in [-0.1, -0.05) is 29.8 Å². The van der Waals surface area contributed by atoms with Crippen molar-refractivity contribution in [1.29, 1.82) is 0 Å². The molecule has 0 radical (unpaired) electrons. The summed E-state index contributed by atoms with van der Waals surface area (Å²) in [4.78, 5) is 23.6. The minimum absolute atomic E-state index is 0.0739. The zero-order valence-corrected chi connectivity index (χ0v) is 17.5. The highest BCUT2D eigenvalue weighted by Gasteiger charge is 2.53. The molecule has 0 spiro atoms. The average molecular weight is 484 g/mol. The molecule has 1 aliphatic rings. The first-order chi connectivity index (χ1) is 14.6. The maximum atomic E-state index is 13.5. The summed E-state index contributed by atoms with van der Waals surface area (Å²) in [6.45, 7) is 0.592. The Balaban J connectivity index is 2.29. The number of benzene rings is 1. The number of aliphatic carboxylic acids is 1. The van der Waals surface area contributed by atoms with Crippen molar-refractivity contribution < 1.29 is 41.0 Å². The molecule has 1 aromatic carbocycles. The molecule has 1 aromatic rings. The summed E-state index contributed by atoms with van der Waals surface area (Å²) in [5.74, 6) is -2.27. The van der Waals surface area contributed by atoms with E-state index in [2.05, 4.69) is 5.32 Å². The second-order valence-electron chi connectivity index (χ2n) is 7.79. The molecule has 0 aromatic heterocycles. The molecule has 1 amide bonds. The van der Waals surface area contributed by atoms with E-state index < -0.39 is 53.3 Å². The highest BCUT2D eigenvalue weighted by atomic mass is 35.5. The zero-order chi connectivity index (χ0) is 24.3. The van der Waals surface area contributed by atoms with E-state index in [4.69, 9.17) is 16.7 Å². The van der Waals surface area contributed by atoms with Gasteiger partial charge in [0.25, 0.3) is 0 Å². The van der Waals surface area contributed by atoms with Crippen molar-refractivity contribution in [2.24, 2.45) is 5.41 Å². The van der Waals surface area contributed by atoms with Gasteiger partial charge < -0.3 is 10.4 Å². The van der Waals surface area contributed by atoms with Crippen molar-refractivity contribution in [2.75, 3.05) is 0 Å². The Morgan fingerprint density at radius 2 is 1.75 bits per heavy atom. The molecular weight excluding hydrogens is 464 g/mol. The Bertz CT molecular complexity index is 921. The fourth-order valence-corrected chi connectivity index (χ4v) is 3.39. The minimum Gasteiger partial charge on any atom is -0.481 e. The molecule has 0 bridgehead atoms. The Labute approximate surface area is 184 Å². The van der Waals surface area contributed by atoms with Gasteiger partial charge in [-0.15, -0.1) is 0 Å². The molecule has 32 heavy (non-hydrogen) atoms. The van der Waals surface area contributed by atoms with Crippen LogP contribution in [0.4, 0.5) is 26.3 Å². The lowest BCUT2D eigenvalue weighted by molar-refractivity contribution is -0.201. The summed E-state index contributed by atoms with van der Waals surface area (Å²) in [6, 6.07) is 5.52. The Morgan fingerprint density at radius 1 is 1.16 bits per heavy atom. The summed E-state index contributed by atoms with van der Waals surface area (Å²) in [6.07, 6.45) is -10.9. The van der Waals surface area contributed by atoms with E-state index in [1.54, 1.807) is 24.3 Å². The van der Waals surface area contributed by atoms with Gasteiger partial charge in [0.1, 0.15) is 0 Å². The molecule has 176 valence electrons. The van der Waals surface area contributed by atoms with Crippen LogP contribution in [0.3, 0.4) is 0 Å². The van der Waals surface area contributed by atoms with Gasteiger partial charge in [-0.2, -0.15) is 26.3 Å². The number of allylic oxidation sites excluding steroid dienone is 3. The van der Waals surface area contributed by atoms with Gasteiger partial charge in [0.2, 0.25) is 5.91 Å². The number of hydrogen-bond acceptors (Lipinski definition) is 2. The van der Waals surface area contributed by atoms with E-state index >= 15 is 0 Å². The quantitative estimate of drug-likeness (QED) is 0.495. The summed E-state index contributed by atoms with van der Waals surface area (Å²) in [7, 11) is 0. The van der Waals surface area contributed by atoms with E-state index in [-0.39, 0.29) is 25.3 Å². The Kier molecular flexibility index (Phi) is 7.70. The molecule has 2 rings (SSSR count). The third kappa shape index (κ3) is 6.75. The van der Waals surface area contributed by atoms with Crippen LogP contribution < -0.4 is 5.32 Å². The van der Waals surface area contributed by atoms with Crippen LogP contribution in [0.15, 0.2) is 47.6 Å². The highest BCUT2D eigenvalue weighted by molar-refractivity contribution is 6.30. The third-order valence-corrected chi connectivity index (χ3v) is 5.32. The number of carboxylic acids is 1. The van der Waals surface area contributed by atoms with Crippen molar-refractivity contribution in [3.05, 3.63) is 58.1 Å². The van der Waals surface area contributed by atoms with E-state index in [1.165, 1.54) is 0 Å². The van der Waals surface area contributed by atoms with E-state index in [1.807, 2.05) is 0 Å². The van der Waals surface area contributed by atoms with Crippen LogP contribution in [0.2, 0.25) is 5.02 Å². The lowest BCUT2D eigenvalue weighted by Crippen LogP contribution is -2.42. The van der Waals surface area contributed by atoms with Crippen molar-refractivity contribution in [2.45, 2.75) is 51.0 Å². The lowest BCUT2D eigenvalue weighted by Gasteiger charge is -2.34. The molecule has 0 fully saturated rings. The van der Waals surface area contributed by atoms with Crippen LogP contribution in [0.25, 0.3) is 0 Å². The molecule has 2 unspecified atom stereocenters. The number of halogens is 7. The number of carbonyl (C=O) groups excluding carboxylic acids is 1. The van der Waals surface area contributed by atoms with Crippen LogP contribution in [0.1, 0.15) is 31.7 Å². The molecule has 2 N–H and O–H groups in total. The van der Waals surface area contributed by atoms with E-state index in [9.17, 15) is 35.9 Å². The fourth-order valence-electron chi connectivity index (χ4n) is 3.27. The number of rotatable bonds is 7. The molecular formula is C21H20ClF6NO3. The Hall–Kier alpha value is -2.49. The molecule has 11 heteroatoms. The average Bonchev–Trinajstić information content (AvgIpc) is 2.65. The van der Waals surface area contributed by atoms with E-state index in [0.717, 1.165) is 0 Å². The maximum absolute atomic E-state index is 13.5. The van der Waals surface area contributed by atoms with Gasteiger partial charge in [0, 0.05) is 23.1 Å². The zero-order valence-electron chi connectivity index (χ0n) is 16.8. The molecule has 0 saturated heterocycles. The first-order valence-corrected chi connectivity index (χ1v) is 9.83. The number of carboxylic acid groups (broad SMARTS) is 1. The Morgan fingerprint density at radius 3 is 2.25 bits per heavy atom. The van der Waals surface area contributed by atoms with Crippen LogP contribution >= 0.6 is 11.6 Å². The predicted octanol–water partition coefficient (Wildman–Crippen LogP) is 5.62. The van der Waals surface area contributed by atoms with Gasteiger partial charge in [0.05, 0.1) is 11.0 Å². The summed E-state index contributed by atoms with van der Waals surface area (Å²) in [5.41, 5.74) is -4.48. The summed E-state index contributed by atoms with van der Waals surface area (Å²) in [5, 5.41) is 11.8. The smallest absolute Gasteiger partial charge is 0.416 e. The predicted molar refractivity (Wildman–Crippen MR) is 105 cm³/mol. The lowest BCUT2D eigenvalue weighted by atomic mass is 9.76. The highest BCUT2D eigenvalue weighted by Crippen LogP contribution is 2.49. The maximum Gasteiger partial charge on any atom is 0.416 e. The van der Waals surface area contributed by atoms with Gasteiger partial charge in [-0.3, -0.25) is 9.59 Å². The summed E-state index contributed by atoms with van der Waals surface area (Å²) < 4.78 is 80.0. The molecule has 0 heterocycles. The normalized spacial score (nSPS) is 20.2. The second kappa shape index (κ2) is 9.56. The van der Waals surface area contributed by atoms with Crippen LogP contribution in [0, 0.1) is 5.41 Å². The molecule has 0 saturated carbocycles. The van der Waals surface area contributed by atoms with Crippen molar-refractivity contribution in [3.8, 4) is 0 Å². The SMILES string of the molecule is CC1(C(F)(F)F)C=C(C(F)(F)F)C=C(C(=O)NC(CCC(=O)O)Cc2ccc(Cl)cc2)C1. The molecule has 4 nitrogen and oxygen atoms in total. The standard InChI is InChI=1S/C21H20ClF6NO3/c1-19(21(26,27)28)10-13(9-14(11-19)20(23,24)25)18(32)29-16(6-7-17(30)31)8-12-2-4-15(22)5-3-12/h2-5,9,11,16H,6-8,10H2,1H3,(H,29,32)(H,30,31). The number of amides is 1. The van der Waals surface area contributed by atoms with Crippen molar-refractivity contribution >= 4 is 23.5 Å². The number of hydrogen-bond donors (Lipinski definition) is 2. The third-order valence-electron chi connectivity index (χ3n) is 5.07.